The van der Waals surface area contributed by atoms with Gasteiger partial charge in [0.1, 0.15) is 23.4 Å². The molecule has 0 spiro atoms. The summed E-state index contributed by atoms with van der Waals surface area (Å²) in [5.41, 5.74) is 0.370. The SMILES string of the molecule is COc1ccc(OCCCC(=O)N(Cc2ccccc2F)C(C)C(=O)NC(C)C)cc1. The zero-order valence-corrected chi connectivity index (χ0v) is 18.6. The van der Waals surface area contributed by atoms with E-state index in [4.69, 9.17) is 9.47 Å². The van der Waals surface area contributed by atoms with Crippen molar-refractivity contribution in [2.45, 2.75) is 52.2 Å². The molecule has 0 saturated carbocycles. The van der Waals surface area contributed by atoms with Gasteiger partial charge in [0.05, 0.1) is 13.7 Å². The molecular weight excluding hydrogens is 399 g/mol. The number of halogens is 1. The van der Waals surface area contributed by atoms with Crippen molar-refractivity contribution < 1.29 is 23.5 Å². The number of ether oxygens (including phenoxy) is 2. The lowest BCUT2D eigenvalue weighted by molar-refractivity contribution is -0.141. The Hall–Kier alpha value is -3.09. The van der Waals surface area contributed by atoms with Crippen molar-refractivity contribution >= 4 is 11.8 Å². The van der Waals surface area contributed by atoms with E-state index in [0.717, 1.165) is 5.75 Å². The van der Waals surface area contributed by atoms with Crippen molar-refractivity contribution in [3.05, 3.63) is 59.9 Å². The largest absolute Gasteiger partial charge is 0.497 e. The van der Waals surface area contributed by atoms with E-state index in [1.807, 2.05) is 13.8 Å². The molecule has 2 amide bonds. The monoisotopic (exact) mass is 430 g/mol. The summed E-state index contributed by atoms with van der Waals surface area (Å²) in [4.78, 5) is 26.9. The van der Waals surface area contributed by atoms with E-state index in [9.17, 15) is 14.0 Å². The minimum atomic E-state index is -0.725. The van der Waals surface area contributed by atoms with Crippen LogP contribution < -0.4 is 14.8 Å². The number of amides is 2. The van der Waals surface area contributed by atoms with Crippen LogP contribution in [0.15, 0.2) is 48.5 Å². The maximum absolute atomic E-state index is 14.2. The summed E-state index contributed by atoms with van der Waals surface area (Å²) in [6.07, 6.45) is 0.654. The summed E-state index contributed by atoms with van der Waals surface area (Å²) in [6.45, 7) is 5.73. The van der Waals surface area contributed by atoms with Crippen molar-refractivity contribution in [3.63, 3.8) is 0 Å². The minimum Gasteiger partial charge on any atom is -0.497 e. The Morgan fingerprint density at radius 3 is 2.29 bits per heavy atom. The molecular formula is C24H31FN2O4. The van der Waals surface area contributed by atoms with Gasteiger partial charge in [0.15, 0.2) is 0 Å². The van der Waals surface area contributed by atoms with Gasteiger partial charge in [-0.25, -0.2) is 4.39 Å². The van der Waals surface area contributed by atoms with Gasteiger partial charge in [-0.3, -0.25) is 9.59 Å². The van der Waals surface area contributed by atoms with Gasteiger partial charge in [0.25, 0.3) is 0 Å². The van der Waals surface area contributed by atoms with E-state index < -0.39 is 11.9 Å². The third kappa shape index (κ3) is 7.59. The third-order valence-corrected chi connectivity index (χ3v) is 4.76. The Labute approximate surface area is 183 Å². The van der Waals surface area contributed by atoms with E-state index in [0.29, 0.717) is 24.3 Å². The first-order valence-corrected chi connectivity index (χ1v) is 10.4. The molecule has 0 saturated heterocycles. The molecule has 0 fully saturated rings. The molecule has 168 valence electrons. The average molecular weight is 431 g/mol. The standard InChI is InChI=1S/C24H31FN2O4/c1-17(2)26-24(29)18(3)27(16-19-8-5-6-9-22(19)25)23(28)10-7-15-31-21-13-11-20(30-4)12-14-21/h5-6,8-9,11-14,17-18H,7,10,15-16H2,1-4H3,(H,26,29). The highest BCUT2D eigenvalue weighted by Crippen LogP contribution is 2.18. The smallest absolute Gasteiger partial charge is 0.242 e. The second kappa shape index (κ2) is 11.9. The predicted molar refractivity (Wildman–Crippen MR) is 117 cm³/mol. The van der Waals surface area contributed by atoms with Crippen LogP contribution in [0.3, 0.4) is 0 Å². The van der Waals surface area contributed by atoms with E-state index in [1.54, 1.807) is 56.5 Å². The maximum atomic E-state index is 14.2. The fourth-order valence-corrected chi connectivity index (χ4v) is 3.03. The van der Waals surface area contributed by atoms with E-state index in [1.165, 1.54) is 11.0 Å². The van der Waals surface area contributed by atoms with Crippen LogP contribution >= 0.6 is 0 Å². The van der Waals surface area contributed by atoms with Gasteiger partial charge in [0.2, 0.25) is 11.8 Å². The van der Waals surface area contributed by atoms with Crippen molar-refractivity contribution in [2.75, 3.05) is 13.7 Å². The first kappa shape index (κ1) is 24.2. The molecule has 0 aromatic heterocycles. The van der Waals surface area contributed by atoms with Gasteiger partial charge in [-0.2, -0.15) is 0 Å². The molecule has 31 heavy (non-hydrogen) atoms. The van der Waals surface area contributed by atoms with Crippen LogP contribution in [-0.4, -0.2) is 42.5 Å². The van der Waals surface area contributed by atoms with Crippen molar-refractivity contribution in [1.82, 2.24) is 10.2 Å². The van der Waals surface area contributed by atoms with Crippen LogP contribution in [0.4, 0.5) is 4.39 Å². The molecule has 2 rings (SSSR count). The topological polar surface area (TPSA) is 67.9 Å². The molecule has 0 radical (unpaired) electrons. The normalized spacial score (nSPS) is 11.7. The number of hydrogen-bond donors (Lipinski definition) is 1. The number of hydrogen-bond acceptors (Lipinski definition) is 4. The molecule has 2 aromatic rings. The fourth-order valence-electron chi connectivity index (χ4n) is 3.03. The van der Waals surface area contributed by atoms with E-state index >= 15 is 0 Å². The number of nitrogens with zero attached hydrogens (tertiary/aromatic N) is 1. The maximum Gasteiger partial charge on any atom is 0.242 e. The predicted octanol–water partition coefficient (Wildman–Crippen LogP) is 3.94. The number of nitrogens with one attached hydrogen (secondary N) is 1. The Morgan fingerprint density at radius 1 is 1.03 bits per heavy atom. The van der Waals surface area contributed by atoms with Gasteiger partial charge in [-0.05, 0) is 57.5 Å². The van der Waals surface area contributed by atoms with Crippen LogP contribution in [0.1, 0.15) is 39.2 Å². The lowest BCUT2D eigenvalue weighted by Gasteiger charge is -2.29. The number of benzene rings is 2. The molecule has 2 aromatic carbocycles. The fraction of sp³-hybridized carbons (Fsp3) is 0.417. The van der Waals surface area contributed by atoms with Crippen LogP contribution in [0.2, 0.25) is 0 Å². The highest BCUT2D eigenvalue weighted by Gasteiger charge is 2.26. The van der Waals surface area contributed by atoms with Gasteiger partial charge < -0.3 is 19.7 Å². The van der Waals surface area contributed by atoms with Crippen LogP contribution in [-0.2, 0) is 16.1 Å². The molecule has 6 nitrogen and oxygen atoms in total. The summed E-state index contributed by atoms with van der Waals surface area (Å²) >= 11 is 0. The molecule has 1 unspecified atom stereocenters. The number of carbonyl (C=O) groups is 2. The zero-order chi connectivity index (χ0) is 22.8. The second-order valence-corrected chi connectivity index (χ2v) is 7.58. The lowest BCUT2D eigenvalue weighted by atomic mass is 10.1. The summed E-state index contributed by atoms with van der Waals surface area (Å²) in [5, 5.41) is 2.81. The Kier molecular flexibility index (Phi) is 9.31. The molecule has 0 aliphatic heterocycles. The van der Waals surface area contributed by atoms with Gasteiger partial charge >= 0.3 is 0 Å². The van der Waals surface area contributed by atoms with Crippen molar-refractivity contribution in [3.8, 4) is 11.5 Å². The van der Waals surface area contributed by atoms with Gasteiger partial charge in [-0.15, -0.1) is 0 Å². The molecule has 0 heterocycles. The molecule has 7 heteroatoms. The highest BCUT2D eigenvalue weighted by atomic mass is 19.1. The number of methoxy groups -OCH3 is 1. The Balaban J connectivity index is 1.99. The Morgan fingerprint density at radius 2 is 1.68 bits per heavy atom. The molecule has 0 bridgehead atoms. The summed E-state index contributed by atoms with van der Waals surface area (Å²) in [7, 11) is 1.59. The number of rotatable bonds is 11. The molecule has 0 aliphatic carbocycles. The average Bonchev–Trinajstić information content (AvgIpc) is 2.75. The summed E-state index contributed by atoms with van der Waals surface area (Å²) in [5.74, 6) is 0.517. The van der Waals surface area contributed by atoms with Crippen LogP contribution in [0.5, 0.6) is 11.5 Å². The highest BCUT2D eigenvalue weighted by molar-refractivity contribution is 5.87. The minimum absolute atomic E-state index is 0.0253. The van der Waals surface area contributed by atoms with Crippen molar-refractivity contribution in [2.24, 2.45) is 0 Å². The first-order valence-electron chi connectivity index (χ1n) is 10.4. The quantitative estimate of drug-likeness (QED) is 0.549. The van der Waals surface area contributed by atoms with Gasteiger partial charge in [-0.1, -0.05) is 18.2 Å². The summed E-state index contributed by atoms with van der Waals surface area (Å²) < 4.78 is 24.9. The summed E-state index contributed by atoms with van der Waals surface area (Å²) in [6, 6.07) is 12.7. The number of carbonyl (C=O) groups excluding carboxylic acids is 2. The van der Waals surface area contributed by atoms with E-state index in [-0.39, 0.29) is 30.8 Å². The zero-order valence-electron chi connectivity index (χ0n) is 18.6. The second-order valence-electron chi connectivity index (χ2n) is 7.58. The van der Waals surface area contributed by atoms with Crippen LogP contribution in [0, 0.1) is 5.82 Å². The molecule has 0 aliphatic rings. The third-order valence-electron chi connectivity index (χ3n) is 4.76. The van der Waals surface area contributed by atoms with E-state index in [2.05, 4.69) is 5.32 Å². The molecule has 1 atom stereocenters. The Bertz CT molecular complexity index is 855. The van der Waals surface area contributed by atoms with Crippen molar-refractivity contribution in [1.29, 1.82) is 0 Å². The lowest BCUT2D eigenvalue weighted by Crippen LogP contribution is -2.49. The molecule has 1 N–H and O–H groups in total. The first-order chi connectivity index (χ1) is 14.8. The van der Waals surface area contributed by atoms with Crippen LogP contribution in [0.25, 0.3) is 0 Å². The van der Waals surface area contributed by atoms with Gasteiger partial charge in [0, 0.05) is 24.6 Å².